The van der Waals surface area contributed by atoms with Crippen molar-refractivity contribution in [2.24, 2.45) is 11.8 Å². The predicted octanol–water partition coefficient (Wildman–Crippen LogP) is 3.60. The van der Waals surface area contributed by atoms with Crippen molar-refractivity contribution in [1.82, 2.24) is 0 Å². The molecular formula is C13H14BrFO. The van der Waals surface area contributed by atoms with Crippen molar-refractivity contribution in [1.29, 1.82) is 0 Å². The van der Waals surface area contributed by atoms with Crippen molar-refractivity contribution in [2.45, 2.75) is 31.3 Å². The maximum Gasteiger partial charge on any atom is 0.137 e. The maximum atomic E-state index is 13.1. The Morgan fingerprint density at radius 1 is 1.25 bits per heavy atom. The molecule has 1 aromatic carbocycles. The van der Waals surface area contributed by atoms with E-state index in [4.69, 9.17) is 0 Å². The number of fused-ring (bicyclic) bond motifs is 1. The van der Waals surface area contributed by atoms with Crippen LogP contribution in [0.4, 0.5) is 4.39 Å². The van der Waals surface area contributed by atoms with E-state index in [0.29, 0.717) is 16.3 Å². The van der Waals surface area contributed by atoms with Gasteiger partial charge in [-0.25, -0.2) is 4.39 Å². The minimum Gasteiger partial charge on any atom is -0.385 e. The minimum atomic E-state index is -0.674. The molecule has 1 N–H and O–H groups in total. The lowest BCUT2D eigenvalue weighted by Crippen LogP contribution is -2.10. The molecule has 0 radical (unpaired) electrons. The SMILES string of the molecule is OC1(c2ccc(F)c(Br)c2)C2CCCCC21. The number of halogens is 2. The summed E-state index contributed by atoms with van der Waals surface area (Å²) < 4.78 is 13.6. The molecule has 3 rings (SSSR count). The number of hydrogen-bond donors (Lipinski definition) is 1. The van der Waals surface area contributed by atoms with Crippen LogP contribution in [-0.4, -0.2) is 5.11 Å². The number of rotatable bonds is 1. The molecule has 3 heteroatoms. The van der Waals surface area contributed by atoms with Gasteiger partial charge in [0.25, 0.3) is 0 Å². The average Bonchev–Trinajstić information content (AvgIpc) is 2.91. The molecule has 0 aliphatic heterocycles. The molecule has 2 saturated carbocycles. The van der Waals surface area contributed by atoms with E-state index in [0.717, 1.165) is 18.4 Å². The molecule has 2 aliphatic rings. The molecule has 0 bridgehead atoms. The normalized spacial score (nSPS) is 36.9. The molecule has 2 atom stereocenters. The van der Waals surface area contributed by atoms with Crippen LogP contribution in [0.1, 0.15) is 31.2 Å². The van der Waals surface area contributed by atoms with Gasteiger partial charge < -0.3 is 5.11 Å². The highest BCUT2D eigenvalue weighted by molar-refractivity contribution is 9.10. The standard InChI is InChI=1S/C13H14BrFO/c14-11-7-8(5-6-12(11)15)13(16)9-3-1-2-4-10(9)13/h5-7,9-10,16H,1-4H2. The van der Waals surface area contributed by atoms with Crippen LogP contribution in [0.3, 0.4) is 0 Å². The predicted molar refractivity (Wildman–Crippen MR) is 63.4 cm³/mol. The van der Waals surface area contributed by atoms with Gasteiger partial charge in [-0.1, -0.05) is 18.9 Å². The van der Waals surface area contributed by atoms with Gasteiger partial charge in [0, 0.05) is 0 Å². The summed E-state index contributed by atoms with van der Waals surface area (Å²) in [6.45, 7) is 0. The summed E-state index contributed by atoms with van der Waals surface area (Å²) in [7, 11) is 0. The van der Waals surface area contributed by atoms with E-state index in [-0.39, 0.29) is 5.82 Å². The minimum absolute atomic E-state index is 0.268. The van der Waals surface area contributed by atoms with Crippen LogP contribution in [-0.2, 0) is 5.60 Å². The topological polar surface area (TPSA) is 20.2 Å². The van der Waals surface area contributed by atoms with E-state index in [9.17, 15) is 9.50 Å². The van der Waals surface area contributed by atoms with Gasteiger partial charge in [0.05, 0.1) is 10.1 Å². The third-order valence-corrected chi connectivity index (χ3v) is 4.78. The summed E-state index contributed by atoms with van der Waals surface area (Å²) in [4.78, 5) is 0. The van der Waals surface area contributed by atoms with Crippen molar-refractivity contribution >= 4 is 15.9 Å². The van der Waals surface area contributed by atoms with Crippen LogP contribution in [0.25, 0.3) is 0 Å². The zero-order chi connectivity index (χ0) is 11.3. The first-order valence-electron chi connectivity index (χ1n) is 5.82. The van der Waals surface area contributed by atoms with Crippen molar-refractivity contribution < 1.29 is 9.50 Å². The molecule has 2 aliphatic carbocycles. The molecule has 0 saturated heterocycles. The zero-order valence-electron chi connectivity index (χ0n) is 8.92. The van der Waals surface area contributed by atoms with Gasteiger partial charge in [-0.15, -0.1) is 0 Å². The van der Waals surface area contributed by atoms with Crippen LogP contribution in [0.2, 0.25) is 0 Å². The zero-order valence-corrected chi connectivity index (χ0v) is 10.5. The molecule has 1 aromatic rings. The molecule has 0 aromatic heterocycles. The van der Waals surface area contributed by atoms with Crippen LogP contribution in [0.5, 0.6) is 0 Å². The second-order valence-electron chi connectivity index (χ2n) is 4.95. The average molecular weight is 285 g/mol. The van der Waals surface area contributed by atoms with Gasteiger partial charge in [-0.3, -0.25) is 0 Å². The lowest BCUT2D eigenvalue weighted by atomic mass is 10.0. The molecule has 2 fully saturated rings. The lowest BCUT2D eigenvalue weighted by molar-refractivity contribution is 0.118. The van der Waals surface area contributed by atoms with Crippen molar-refractivity contribution in [3.8, 4) is 0 Å². The van der Waals surface area contributed by atoms with Crippen LogP contribution >= 0.6 is 15.9 Å². The number of benzene rings is 1. The van der Waals surface area contributed by atoms with Gasteiger partial charge in [-0.05, 0) is 58.3 Å². The van der Waals surface area contributed by atoms with E-state index in [2.05, 4.69) is 15.9 Å². The van der Waals surface area contributed by atoms with Gasteiger partial charge in [0.1, 0.15) is 5.82 Å². The summed E-state index contributed by atoms with van der Waals surface area (Å²) in [5.41, 5.74) is 0.199. The lowest BCUT2D eigenvalue weighted by Gasteiger charge is -2.11. The highest BCUT2D eigenvalue weighted by Crippen LogP contribution is 2.64. The van der Waals surface area contributed by atoms with Crippen molar-refractivity contribution in [3.05, 3.63) is 34.1 Å². The van der Waals surface area contributed by atoms with Gasteiger partial charge in [-0.2, -0.15) is 0 Å². The molecule has 1 nitrogen and oxygen atoms in total. The van der Waals surface area contributed by atoms with Crippen molar-refractivity contribution in [3.63, 3.8) is 0 Å². The number of hydrogen-bond acceptors (Lipinski definition) is 1. The van der Waals surface area contributed by atoms with Crippen LogP contribution in [0, 0.1) is 17.7 Å². The van der Waals surface area contributed by atoms with Crippen molar-refractivity contribution in [2.75, 3.05) is 0 Å². The Labute approximate surface area is 103 Å². The Morgan fingerprint density at radius 2 is 1.88 bits per heavy atom. The van der Waals surface area contributed by atoms with E-state index in [1.165, 1.54) is 18.9 Å². The molecule has 0 spiro atoms. The third-order valence-electron chi connectivity index (χ3n) is 4.17. The van der Waals surface area contributed by atoms with Crippen LogP contribution < -0.4 is 0 Å². The molecular weight excluding hydrogens is 271 g/mol. The highest BCUT2D eigenvalue weighted by Gasteiger charge is 2.64. The van der Waals surface area contributed by atoms with E-state index < -0.39 is 5.60 Å². The smallest absolute Gasteiger partial charge is 0.137 e. The monoisotopic (exact) mass is 284 g/mol. The largest absolute Gasteiger partial charge is 0.385 e. The number of aliphatic hydroxyl groups is 1. The van der Waals surface area contributed by atoms with Gasteiger partial charge >= 0.3 is 0 Å². The molecule has 0 heterocycles. The molecule has 86 valence electrons. The fourth-order valence-corrected chi connectivity index (χ4v) is 3.64. The van der Waals surface area contributed by atoms with Gasteiger partial charge in [0.15, 0.2) is 0 Å². The van der Waals surface area contributed by atoms with Crippen LogP contribution in [0.15, 0.2) is 22.7 Å². The van der Waals surface area contributed by atoms with E-state index in [1.807, 2.05) is 0 Å². The molecule has 0 amide bonds. The summed E-state index contributed by atoms with van der Waals surface area (Å²) in [5, 5.41) is 10.6. The quantitative estimate of drug-likeness (QED) is 0.836. The Balaban J connectivity index is 1.95. The maximum absolute atomic E-state index is 13.1. The first-order chi connectivity index (χ1) is 7.64. The Hall–Kier alpha value is -0.410. The Bertz CT molecular complexity index is 420. The first-order valence-corrected chi connectivity index (χ1v) is 6.61. The summed E-state index contributed by atoms with van der Waals surface area (Å²) in [5.74, 6) is 0.535. The fraction of sp³-hybridized carbons (Fsp3) is 0.538. The Morgan fingerprint density at radius 3 is 2.44 bits per heavy atom. The Kier molecular flexibility index (Phi) is 2.37. The molecule has 2 unspecified atom stereocenters. The fourth-order valence-electron chi connectivity index (χ4n) is 3.27. The van der Waals surface area contributed by atoms with Gasteiger partial charge in [0.2, 0.25) is 0 Å². The summed E-state index contributed by atoms with van der Waals surface area (Å²) >= 11 is 3.18. The summed E-state index contributed by atoms with van der Waals surface area (Å²) in [6.07, 6.45) is 4.64. The van der Waals surface area contributed by atoms with E-state index >= 15 is 0 Å². The second-order valence-corrected chi connectivity index (χ2v) is 5.81. The third kappa shape index (κ3) is 1.37. The first kappa shape index (κ1) is 10.7. The van der Waals surface area contributed by atoms with E-state index in [1.54, 1.807) is 12.1 Å². The molecule has 16 heavy (non-hydrogen) atoms. The highest BCUT2D eigenvalue weighted by atomic mass is 79.9. The summed E-state index contributed by atoms with van der Waals surface area (Å²) in [6, 6.07) is 4.88. The second kappa shape index (κ2) is 3.54.